The quantitative estimate of drug-likeness (QED) is 0.600. The Morgan fingerprint density at radius 3 is 2.81 bits per heavy atom. The predicted molar refractivity (Wildman–Crippen MR) is 105 cm³/mol. The van der Waals surface area contributed by atoms with Gasteiger partial charge in [0.2, 0.25) is 5.91 Å². The first-order chi connectivity index (χ1) is 12.6. The lowest BCUT2D eigenvalue weighted by Gasteiger charge is -2.06. The lowest BCUT2D eigenvalue weighted by Crippen LogP contribution is -2.14. The molecule has 0 radical (unpaired) electrons. The van der Waals surface area contributed by atoms with E-state index in [9.17, 15) is 9.59 Å². The molecule has 26 heavy (non-hydrogen) atoms. The van der Waals surface area contributed by atoms with Gasteiger partial charge in [0.15, 0.2) is 0 Å². The van der Waals surface area contributed by atoms with Crippen molar-refractivity contribution in [1.82, 2.24) is 4.98 Å². The molecule has 0 fully saturated rings. The fourth-order valence-electron chi connectivity index (χ4n) is 2.85. The Morgan fingerprint density at radius 1 is 1.23 bits per heavy atom. The van der Waals surface area contributed by atoms with Crippen LogP contribution in [-0.4, -0.2) is 23.5 Å². The highest BCUT2D eigenvalue weighted by molar-refractivity contribution is 7.16. The fourth-order valence-corrected chi connectivity index (χ4v) is 3.85. The number of hydrogen-bond acceptors (Lipinski definition) is 4. The Morgan fingerprint density at radius 2 is 2.04 bits per heavy atom. The zero-order chi connectivity index (χ0) is 18.5. The number of ether oxygens (including phenoxy) is 1. The molecular weight excluding hydrogens is 348 g/mol. The van der Waals surface area contributed by atoms with E-state index < -0.39 is 5.97 Å². The van der Waals surface area contributed by atoms with Crippen LogP contribution >= 0.6 is 11.3 Å². The van der Waals surface area contributed by atoms with E-state index in [1.54, 1.807) is 13.0 Å². The Balaban J connectivity index is 1.68. The number of thiophene rings is 1. The van der Waals surface area contributed by atoms with E-state index in [0.29, 0.717) is 30.0 Å². The lowest BCUT2D eigenvalue weighted by molar-refractivity contribution is -0.116. The molecule has 0 saturated heterocycles. The van der Waals surface area contributed by atoms with Crippen molar-refractivity contribution in [3.63, 3.8) is 0 Å². The van der Waals surface area contributed by atoms with Gasteiger partial charge in [-0.1, -0.05) is 25.1 Å². The smallest absolute Gasteiger partial charge is 0.341 e. The molecule has 0 aliphatic carbocycles. The average molecular weight is 370 g/mol. The van der Waals surface area contributed by atoms with Crippen LogP contribution in [0.5, 0.6) is 0 Å². The van der Waals surface area contributed by atoms with Crippen molar-refractivity contribution in [2.75, 3.05) is 11.9 Å². The minimum atomic E-state index is -0.393. The molecule has 0 unspecified atom stereocenters. The summed E-state index contributed by atoms with van der Waals surface area (Å²) in [6.45, 7) is 4.10. The van der Waals surface area contributed by atoms with Crippen LogP contribution in [-0.2, 0) is 22.4 Å². The summed E-state index contributed by atoms with van der Waals surface area (Å²) in [4.78, 5) is 28.8. The minimum absolute atomic E-state index is 0.106. The maximum Gasteiger partial charge on any atom is 0.341 e. The van der Waals surface area contributed by atoms with E-state index in [2.05, 4.69) is 10.3 Å². The number of benzene rings is 1. The molecular formula is C20H22N2O3S. The van der Waals surface area contributed by atoms with Gasteiger partial charge in [0, 0.05) is 28.4 Å². The van der Waals surface area contributed by atoms with E-state index in [1.165, 1.54) is 11.3 Å². The molecule has 5 nitrogen and oxygen atoms in total. The van der Waals surface area contributed by atoms with Crippen LogP contribution in [0.1, 0.15) is 41.1 Å². The van der Waals surface area contributed by atoms with E-state index in [4.69, 9.17) is 4.74 Å². The zero-order valence-corrected chi connectivity index (χ0v) is 15.7. The molecule has 1 amide bonds. The first kappa shape index (κ1) is 18.2. The van der Waals surface area contributed by atoms with Crippen LogP contribution in [0.25, 0.3) is 10.9 Å². The normalized spacial score (nSPS) is 10.8. The predicted octanol–water partition coefficient (Wildman–Crippen LogP) is 4.54. The number of nitrogens with one attached hydrogen (secondary N) is 2. The number of fused-ring (bicyclic) bond motifs is 1. The number of aromatic amines is 1. The van der Waals surface area contributed by atoms with Crippen LogP contribution < -0.4 is 5.32 Å². The van der Waals surface area contributed by atoms with E-state index in [-0.39, 0.29) is 5.91 Å². The van der Waals surface area contributed by atoms with Crippen molar-refractivity contribution in [2.45, 2.75) is 33.1 Å². The molecule has 0 aliphatic rings. The van der Waals surface area contributed by atoms with Gasteiger partial charge >= 0.3 is 5.97 Å². The maximum atomic E-state index is 12.4. The standard InChI is InChI=1S/C20H22N2O3S/c1-3-14-11-16(20(24)25-4-2)19(26-14)22-18(23)10-9-13-12-21-17-8-6-5-7-15(13)17/h5-8,11-12,21H,3-4,9-10H2,1-2H3,(H,22,23). The Bertz CT molecular complexity index is 926. The molecule has 0 saturated carbocycles. The molecule has 0 spiro atoms. The largest absolute Gasteiger partial charge is 0.462 e. The van der Waals surface area contributed by atoms with Gasteiger partial charge in [0.05, 0.1) is 12.2 Å². The number of aryl methyl sites for hydroxylation is 2. The third kappa shape index (κ3) is 3.96. The molecule has 136 valence electrons. The number of esters is 1. The first-order valence-corrected chi connectivity index (χ1v) is 9.58. The van der Waals surface area contributed by atoms with Crippen molar-refractivity contribution in [3.8, 4) is 0 Å². The highest BCUT2D eigenvalue weighted by atomic mass is 32.1. The molecule has 0 aliphatic heterocycles. The van der Waals surface area contributed by atoms with Crippen LogP contribution in [0.15, 0.2) is 36.5 Å². The fraction of sp³-hybridized carbons (Fsp3) is 0.300. The Hall–Kier alpha value is -2.60. The molecule has 3 rings (SSSR count). The van der Waals surface area contributed by atoms with Gasteiger partial charge in [-0.05, 0) is 37.5 Å². The topological polar surface area (TPSA) is 71.2 Å². The number of hydrogen-bond donors (Lipinski definition) is 2. The van der Waals surface area contributed by atoms with Crippen LogP contribution in [0.2, 0.25) is 0 Å². The number of amides is 1. The Kier molecular flexibility index (Phi) is 5.73. The molecule has 2 heterocycles. The van der Waals surface area contributed by atoms with Crippen molar-refractivity contribution in [3.05, 3.63) is 52.5 Å². The number of carbonyl (C=O) groups is 2. The van der Waals surface area contributed by atoms with E-state index in [0.717, 1.165) is 27.8 Å². The minimum Gasteiger partial charge on any atom is -0.462 e. The van der Waals surface area contributed by atoms with Gasteiger partial charge in [-0.2, -0.15) is 0 Å². The first-order valence-electron chi connectivity index (χ1n) is 8.77. The van der Waals surface area contributed by atoms with Crippen LogP contribution in [0.3, 0.4) is 0 Å². The highest BCUT2D eigenvalue weighted by Gasteiger charge is 2.18. The number of rotatable bonds is 7. The van der Waals surface area contributed by atoms with Gasteiger partial charge in [-0.15, -0.1) is 11.3 Å². The van der Waals surface area contributed by atoms with Crippen LogP contribution in [0, 0.1) is 0 Å². The Labute approximate surface area is 156 Å². The number of para-hydroxylation sites is 1. The number of H-pyrrole nitrogens is 1. The van der Waals surface area contributed by atoms with E-state index in [1.807, 2.05) is 37.4 Å². The number of aromatic nitrogens is 1. The summed E-state index contributed by atoms with van der Waals surface area (Å²) in [6, 6.07) is 9.84. The molecule has 0 bridgehead atoms. The van der Waals surface area contributed by atoms with Crippen molar-refractivity contribution >= 4 is 39.1 Å². The summed E-state index contributed by atoms with van der Waals surface area (Å²) in [7, 11) is 0. The summed E-state index contributed by atoms with van der Waals surface area (Å²) < 4.78 is 5.09. The second kappa shape index (κ2) is 8.19. The maximum absolute atomic E-state index is 12.4. The summed E-state index contributed by atoms with van der Waals surface area (Å²) in [5.74, 6) is -0.499. The lowest BCUT2D eigenvalue weighted by atomic mass is 10.1. The van der Waals surface area contributed by atoms with Crippen LogP contribution in [0.4, 0.5) is 5.00 Å². The van der Waals surface area contributed by atoms with Gasteiger partial charge < -0.3 is 15.0 Å². The van der Waals surface area contributed by atoms with Gasteiger partial charge in [-0.25, -0.2) is 4.79 Å². The molecule has 2 aromatic heterocycles. The number of carbonyl (C=O) groups excluding carboxylic acids is 2. The van der Waals surface area contributed by atoms with E-state index >= 15 is 0 Å². The van der Waals surface area contributed by atoms with Gasteiger partial charge in [0.1, 0.15) is 5.00 Å². The molecule has 2 N–H and O–H groups in total. The van der Waals surface area contributed by atoms with Crippen molar-refractivity contribution in [2.24, 2.45) is 0 Å². The van der Waals surface area contributed by atoms with Crippen molar-refractivity contribution in [1.29, 1.82) is 0 Å². The summed E-state index contributed by atoms with van der Waals surface area (Å²) in [5.41, 5.74) is 2.62. The average Bonchev–Trinajstić information content (AvgIpc) is 3.24. The molecule has 3 aromatic rings. The summed E-state index contributed by atoms with van der Waals surface area (Å²) >= 11 is 1.43. The number of anilines is 1. The summed E-state index contributed by atoms with van der Waals surface area (Å²) in [5, 5.41) is 4.59. The van der Waals surface area contributed by atoms with Gasteiger partial charge in [-0.3, -0.25) is 4.79 Å². The second-order valence-corrected chi connectivity index (χ2v) is 7.07. The highest BCUT2D eigenvalue weighted by Crippen LogP contribution is 2.29. The molecule has 0 atom stereocenters. The third-order valence-electron chi connectivity index (χ3n) is 4.18. The van der Waals surface area contributed by atoms with Gasteiger partial charge in [0.25, 0.3) is 0 Å². The van der Waals surface area contributed by atoms with Crippen molar-refractivity contribution < 1.29 is 14.3 Å². The monoisotopic (exact) mass is 370 g/mol. The molecule has 6 heteroatoms. The zero-order valence-electron chi connectivity index (χ0n) is 14.9. The third-order valence-corrected chi connectivity index (χ3v) is 5.37. The summed E-state index contributed by atoms with van der Waals surface area (Å²) in [6.07, 6.45) is 3.74. The SMILES string of the molecule is CCOC(=O)c1cc(CC)sc1NC(=O)CCc1c[nH]c2ccccc12. The second-order valence-electron chi connectivity index (χ2n) is 5.94. The molecule has 1 aromatic carbocycles.